The summed E-state index contributed by atoms with van der Waals surface area (Å²) < 4.78 is 20.7. The maximum absolute atomic E-state index is 12.6. The highest BCUT2D eigenvalue weighted by Gasteiger charge is 2.19. The van der Waals surface area contributed by atoms with Crippen LogP contribution in [-0.4, -0.2) is 51.8 Å². The van der Waals surface area contributed by atoms with Gasteiger partial charge in [-0.05, 0) is 47.5 Å². The van der Waals surface area contributed by atoms with Crippen LogP contribution in [0.1, 0.15) is 17.2 Å². The number of hydrogen-bond acceptors (Lipinski definition) is 7. The van der Waals surface area contributed by atoms with Crippen molar-refractivity contribution < 1.29 is 33.3 Å². The van der Waals surface area contributed by atoms with Gasteiger partial charge in [-0.3, -0.25) is 14.4 Å². The summed E-state index contributed by atoms with van der Waals surface area (Å²) in [6.07, 6.45) is 0. The van der Waals surface area contributed by atoms with E-state index >= 15 is 0 Å². The molecular formula is C27H28N2O7. The van der Waals surface area contributed by atoms with Crippen molar-refractivity contribution in [1.82, 2.24) is 10.6 Å². The van der Waals surface area contributed by atoms with Crippen LogP contribution in [-0.2, 0) is 19.1 Å². The van der Waals surface area contributed by atoms with Crippen molar-refractivity contribution in [3.05, 3.63) is 90.0 Å². The quantitative estimate of drug-likeness (QED) is 0.374. The van der Waals surface area contributed by atoms with Gasteiger partial charge in [0.25, 0.3) is 11.8 Å². The molecule has 0 aromatic heterocycles. The Hall–Kier alpha value is -4.53. The Balaban J connectivity index is 1.51. The molecule has 3 aromatic carbocycles. The zero-order valence-electron chi connectivity index (χ0n) is 20.1. The van der Waals surface area contributed by atoms with Crippen molar-refractivity contribution in [2.75, 3.05) is 34.0 Å². The van der Waals surface area contributed by atoms with E-state index in [1.807, 2.05) is 30.3 Å². The van der Waals surface area contributed by atoms with Crippen LogP contribution in [0.15, 0.2) is 78.9 Å². The molecule has 9 heteroatoms. The predicted molar refractivity (Wildman–Crippen MR) is 132 cm³/mol. The molecule has 9 nitrogen and oxygen atoms in total. The van der Waals surface area contributed by atoms with Crippen molar-refractivity contribution in [2.24, 2.45) is 0 Å². The van der Waals surface area contributed by atoms with Gasteiger partial charge < -0.3 is 29.6 Å². The van der Waals surface area contributed by atoms with Crippen LogP contribution in [0.3, 0.4) is 0 Å². The maximum atomic E-state index is 12.6. The molecule has 0 saturated heterocycles. The highest BCUT2D eigenvalue weighted by molar-refractivity contribution is 5.85. The predicted octanol–water partition coefficient (Wildman–Crippen LogP) is 2.65. The average molecular weight is 493 g/mol. The molecule has 0 heterocycles. The number of esters is 1. The first-order valence-electron chi connectivity index (χ1n) is 11.2. The van der Waals surface area contributed by atoms with E-state index in [-0.39, 0.29) is 13.2 Å². The topological polar surface area (TPSA) is 112 Å². The fourth-order valence-corrected chi connectivity index (χ4v) is 3.24. The fraction of sp³-hybridized carbons (Fsp3) is 0.222. The van der Waals surface area contributed by atoms with Gasteiger partial charge in [-0.2, -0.15) is 0 Å². The van der Waals surface area contributed by atoms with E-state index in [9.17, 15) is 14.4 Å². The first-order valence-corrected chi connectivity index (χ1v) is 11.2. The minimum Gasteiger partial charge on any atom is -0.497 e. The highest BCUT2D eigenvalue weighted by atomic mass is 16.5. The molecule has 0 aliphatic carbocycles. The summed E-state index contributed by atoms with van der Waals surface area (Å²) in [5, 5.41) is 5.27. The smallest absolute Gasteiger partial charge is 0.325 e. The Morgan fingerprint density at radius 2 is 1.25 bits per heavy atom. The molecule has 0 atom stereocenters. The molecule has 0 bridgehead atoms. The SMILES string of the molecule is COc1ccc(C(NC(=O)COC(=O)CNC(=O)COc2ccccc2)c2ccc(OC)cc2)cc1. The minimum atomic E-state index is -0.747. The fourth-order valence-electron chi connectivity index (χ4n) is 3.24. The van der Waals surface area contributed by atoms with Gasteiger partial charge in [0.1, 0.15) is 23.8 Å². The summed E-state index contributed by atoms with van der Waals surface area (Å²) in [6, 6.07) is 22.9. The Bertz CT molecular complexity index is 1090. The number of amides is 2. The van der Waals surface area contributed by atoms with E-state index in [0.29, 0.717) is 17.2 Å². The molecule has 0 aliphatic heterocycles. The average Bonchev–Trinajstić information content (AvgIpc) is 2.93. The molecule has 36 heavy (non-hydrogen) atoms. The van der Waals surface area contributed by atoms with E-state index in [0.717, 1.165) is 11.1 Å². The van der Waals surface area contributed by atoms with Crippen molar-refractivity contribution in [1.29, 1.82) is 0 Å². The van der Waals surface area contributed by atoms with Crippen LogP contribution >= 0.6 is 0 Å². The zero-order valence-corrected chi connectivity index (χ0v) is 20.1. The minimum absolute atomic E-state index is 0.247. The lowest BCUT2D eigenvalue weighted by atomic mass is 9.98. The lowest BCUT2D eigenvalue weighted by Gasteiger charge is -2.20. The Kier molecular flexibility index (Phi) is 9.69. The molecule has 0 fully saturated rings. The molecule has 0 spiro atoms. The third-order valence-electron chi connectivity index (χ3n) is 5.11. The van der Waals surface area contributed by atoms with Gasteiger partial charge in [-0.15, -0.1) is 0 Å². The number of carbonyl (C=O) groups excluding carboxylic acids is 3. The summed E-state index contributed by atoms with van der Waals surface area (Å²) in [6.45, 7) is -1.13. The summed E-state index contributed by atoms with van der Waals surface area (Å²) in [4.78, 5) is 36.5. The van der Waals surface area contributed by atoms with E-state index < -0.39 is 30.4 Å². The third kappa shape index (κ3) is 8.05. The highest BCUT2D eigenvalue weighted by Crippen LogP contribution is 2.26. The third-order valence-corrected chi connectivity index (χ3v) is 5.11. The van der Waals surface area contributed by atoms with E-state index in [2.05, 4.69) is 10.6 Å². The number of methoxy groups -OCH3 is 2. The van der Waals surface area contributed by atoms with Gasteiger partial charge in [-0.25, -0.2) is 0 Å². The van der Waals surface area contributed by atoms with Gasteiger partial charge in [0, 0.05) is 0 Å². The van der Waals surface area contributed by atoms with Crippen LogP contribution in [0.5, 0.6) is 17.2 Å². The van der Waals surface area contributed by atoms with Crippen molar-refractivity contribution in [2.45, 2.75) is 6.04 Å². The van der Waals surface area contributed by atoms with Crippen LogP contribution in [0, 0.1) is 0 Å². The largest absolute Gasteiger partial charge is 0.497 e. The monoisotopic (exact) mass is 492 g/mol. The summed E-state index contributed by atoms with van der Waals surface area (Å²) >= 11 is 0. The summed E-state index contributed by atoms with van der Waals surface area (Å²) in [7, 11) is 3.15. The van der Waals surface area contributed by atoms with E-state index in [4.69, 9.17) is 18.9 Å². The summed E-state index contributed by atoms with van der Waals surface area (Å²) in [5.41, 5.74) is 1.62. The first kappa shape index (κ1) is 26.1. The van der Waals surface area contributed by atoms with Crippen LogP contribution in [0.2, 0.25) is 0 Å². The van der Waals surface area contributed by atoms with Crippen LogP contribution in [0.4, 0.5) is 0 Å². The second-order valence-electron chi connectivity index (χ2n) is 7.59. The van der Waals surface area contributed by atoms with E-state index in [1.54, 1.807) is 62.8 Å². The molecule has 3 aromatic rings. The lowest BCUT2D eigenvalue weighted by Crippen LogP contribution is -2.37. The summed E-state index contributed by atoms with van der Waals surface area (Å²) in [5.74, 6) is 0.171. The molecule has 0 aliphatic rings. The molecule has 3 rings (SSSR count). The Morgan fingerprint density at radius 3 is 1.78 bits per heavy atom. The van der Waals surface area contributed by atoms with Gasteiger partial charge in [0.05, 0.1) is 20.3 Å². The van der Waals surface area contributed by atoms with Gasteiger partial charge in [0.15, 0.2) is 13.2 Å². The number of carbonyl (C=O) groups is 3. The van der Waals surface area contributed by atoms with E-state index in [1.165, 1.54) is 0 Å². The maximum Gasteiger partial charge on any atom is 0.325 e. The molecule has 2 amide bonds. The normalized spacial score (nSPS) is 10.3. The van der Waals surface area contributed by atoms with Crippen molar-refractivity contribution in [3.63, 3.8) is 0 Å². The van der Waals surface area contributed by atoms with Gasteiger partial charge in [0.2, 0.25) is 0 Å². The van der Waals surface area contributed by atoms with Crippen molar-refractivity contribution in [3.8, 4) is 17.2 Å². The number of ether oxygens (including phenoxy) is 4. The molecular weight excluding hydrogens is 464 g/mol. The Morgan fingerprint density at radius 1 is 0.694 bits per heavy atom. The number of rotatable bonds is 12. The number of hydrogen-bond donors (Lipinski definition) is 2. The molecule has 0 saturated carbocycles. The molecule has 188 valence electrons. The Labute approximate surface area is 209 Å². The second kappa shape index (κ2) is 13.4. The number of nitrogens with one attached hydrogen (secondary N) is 2. The van der Waals surface area contributed by atoms with Crippen molar-refractivity contribution >= 4 is 17.8 Å². The van der Waals surface area contributed by atoms with Gasteiger partial charge in [-0.1, -0.05) is 42.5 Å². The molecule has 2 N–H and O–H groups in total. The van der Waals surface area contributed by atoms with Gasteiger partial charge >= 0.3 is 5.97 Å². The number of benzene rings is 3. The number of para-hydroxylation sites is 1. The lowest BCUT2D eigenvalue weighted by molar-refractivity contribution is -0.148. The molecule has 0 radical (unpaired) electrons. The zero-order chi connectivity index (χ0) is 25.8. The van der Waals surface area contributed by atoms with Crippen LogP contribution < -0.4 is 24.8 Å². The standard InChI is InChI=1S/C27H28N2O7/c1-33-21-12-8-19(9-13-21)27(20-10-14-22(34-2)15-11-20)29-25(31)18-36-26(32)16-28-24(30)17-35-23-6-4-3-5-7-23/h3-15,27H,16-18H2,1-2H3,(H,28,30)(H,29,31). The first-order chi connectivity index (χ1) is 17.5. The second-order valence-corrected chi connectivity index (χ2v) is 7.59. The van der Waals surface area contributed by atoms with Crippen LogP contribution in [0.25, 0.3) is 0 Å². The molecule has 0 unspecified atom stereocenters.